The highest BCUT2D eigenvalue weighted by Crippen LogP contribution is 2.33. The van der Waals surface area contributed by atoms with E-state index in [1.165, 1.54) is 22.7 Å². The summed E-state index contributed by atoms with van der Waals surface area (Å²) in [7, 11) is 0. The van der Waals surface area contributed by atoms with Gasteiger partial charge < -0.3 is 0 Å². The Morgan fingerprint density at radius 2 is 1.83 bits per heavy atom. The van der Waals surface area contributed by atoms with Crippen molar-refractivity contribution in [1.29, 1.82) is 0 Å². The number of nitrogens with zero attached hydrogens (tertiary/aromatic N) is 2. The SMILES string of the molecule is O=C(Nc1nc2ccc(Br)cc2s1)c1cc(-c2ccc(Cl)s2)nc2ccccc12. The first-order valence-electron chi connectivity index (χ1n) is 8.60. The van der Waals surface area contributed by atoms with Crippen molar-refractivity contribution in [2.24, 2.45) is 0 Å². The number of amides is 1. The Morgan fingerprint density at radius 3 is 2.66 bits per heavy atom. The summed E-state index contributed by atoms with van der Waals surface area (Å²) >= 11 is 12.4. The van der Waals surface area contributed by atoms with Gasteiger partial charge in [-0.1, -0.05) is 57.1 Å². The molecule has 0 saturated heterocycles. The second-order valence-corrected chi connectivity index (χ2v) is 9.92. The van der Waals surface area contributed by atoms with E-state index in [9.17, 15) is 4.79 Å². The quantitative estimate of drug-likeness (QED) is 0.284. The number of thiazole rings is 1. The number of hydrogen-bond acceptors (Lipinski definition) is 5. The molecule has 4 nitrogen and oxygen atoms in total. The first-order chi connectivity index (χ1) is 14.1. The van der Waals surface area contributed by atoms with Crippen LogP contribution in [0.5, 0.6) is 0 Å². The fraction of sp³-hybridized carbons (Fsp3) is 0. The molecule has 5 aromatic rings. The van der Waals surface area contributed by atoms with E-state index in [0.29, 0.717) is 15.0 Å². The molecule has 2 aromatic carbocycles. The number of carbonyl (C=O) groups is 1. The lowest BCUT2D eigenvalue weighted by Gasteiger charge is -2.08. The largest absolute Gasteiger partial charge is 0.298 e. The Hall–Kier alpha value is -2.32. The van der Waals surface area contributed by atoms with Gasteiger partial charge in [0.1, 0.15) is 0 Å². The van der Waals surface area contributed by atoms with Gasteiger partial charge in [-0.2, -0.15) is 0 Å². The minimum atomic E-state index is -0.217. The molecule has 1 amide bonds. The summed E-state index contributed by atoms with van der Waals surface area (Å²) in [5, 5.41) is 4.30. The number of aromatic nitrogens is 2. The molecule has 0 atom stereocenters. The lowest BCUT2D eigenvalue weighted by Crippen LogP contribution is -2.12. The zero-order valence-electron chi connectivity index (χ0n) is 14.6. The van der Waals surface area contributed by atoms with Gasteiger partial charge >= 0.3 is 0 Å². The third-order valence-electron chi connectivity index (χ3n) is 4.36. The number of rotatable bonds is 3. The number of carbonyl (C=O) groups excluding carboxylic acids is 1. The van der Waals surface area contributed by atoms with Gasteiger partial charge in [0.25, 0.3) is 5.91 Å². The molecule has 0 aliphatic heterocycles. The van der Waals surface area contributed by atoms with Crippen LogP contribution in [0.15, 0.2) is 65.1 Å². The molecule has 0 aliphatic rings. The van der Waals surface area contributed by atoms with Crippen LogP contribution in [0.3, 0.4) is 0 Å². The molecule has 0 unspecified atom stereocenters. The highest BCUT2D eigenvalue weighted by Gasteiger charge is 2.16. The van der Waals surface area contributed by atoms with Gasteiger partial charge in [-0.25, -0.2) is 9.97 Å². The number of fused-ring (bicyclic) bond motifs is 2. The highest BCUT2D eigenvalue weighted by atomic mass is 79.9. The molecule has 0 spiro atoms. The van der Waals surface area contributed by atoms with Crippen molar-refractivity contribution in [3.05, 3.63) is 75.0 Å². The van der Waals surface area contributed by atoms with Crippen molar-refractivity contribution in [2.75, 3.05) is 5.32 Å². The van der Waals surface area contributed by atoms with E-state index in [1.807, 2.05) is 60.7 Å². The van der Waals surface area contributed by atoms with Crippen molar-refractivity contribution in [1.82, 2.24) is 9.97 Å². The number of halogens is 2. The summed E-state index contributed by atoms with van der Waals surface area (Å²) in [6, 6.07) is 19.0. The van der Waals surface area contributed by atoms with Gasteiger partial charge in [0, 0.05) is 9.86 Å². The fourth-order valence-corrected chi connectivity index (χ4v) is 5.47. The number of anilines is 1. The Labute approximate surface area is 187 Å². The predicted octanol–water partition coefficient (Wildman–Crippen LogP) is 7.24. The van der Waals surface area contributed by atoms with Crippen LogP contribution in [-0.4, -0.2) is 15.9 Å². The lowest BCUT2D eigenvalue weighted by atomic mass is 10.1. The molecule has 0 saturated carbocycles. The third-order valence-corrected chi connectivity index (χ3v) is 7.04. The van der Waals surface area contributed by atoms with Gasteiger partial charge in [0.2, 0.25) is 0 Å². The highest BCUT2D eigenvalue weighted by molar-refractivity contribution is 9.10. The van der Waals surface area contributed by atoms with Crippen LogP contribution >= 0.6 is 50.2 Å². The number of para-hydroxylation sites is 1. The summed E-state index contributed by atoms with van der Waals surface area (Å²) in [5.74, 6) is -0.217. The van der Waals surface area contributed by atoms with Gasteiger partial charge in [-0.05, 0) is 42.5 Å². The number of hydrogen-bond donors (Lipinski definition) is 1. The fourth-order valence-electron chi connectivity index (χ4n) is 3.06. The maximum atomic E-state index is 13.2. The molecule has 5 rings (SSSR count). The second kappa shape index (κ2) is 7.50. The normalized spacial score (nSPS) is 11.2. The summed E-state index contributed by atoms with van der Waals surface area (Å²) < 4.78 is 2.66. The van der Waals surface area contributed by atoms with E-state index < -0.39 is 0 Å². The lowest BCUT2D eigenvalue weighted by molar-refractivity contribution is 0.102. The first kappa shape index (κ1) is 18.7. The summed E-state index contributed by atoms with van der Waals surface area (Å²) in [4.78, 5) is 23.3. The monoisotopic (exact) mass is 499 g/mol. The molecular formula is C21H11BrClN3OS2. The Kier molecular flexibility index (Phi) is 4.83. The van der Waals surface area contributed by atoms with Crippen LogP contribution < -0.4 is 5.32 Å². The third kappa shape index (κ3) is 3.67. The van der Waals surface area contributed by atoms with Gasteiger partial charge in [-0.15, -0.1) is 11.3 Å². The van der Waals surface area contributed by atoms with Crippen molar-refractivity contribution in [2.45, 2.75) is 0 Å². The van der Waals surface area contributed by atoms with Gasteiger partial charge in [0.15, 0.2) is 5.13 Å². The molecular weight excluding hydrogens is 490 g/mol. The number of nitrogens with one attached hydrogen (secondary N) is 1. The average Bonchev–Trinajstić information content (AvgIpc) is 3.32. The average molecular weight is 501 g/mol. The van der Waals surface area contributed by atoms with Gasteiger partial charge in [-0.3, -0.25) is 10.1 Å². The molecule has 29 heavy (non-hydrogen) atoms. The van der Waals surface area contributed by atoms with Crippen LogP contribution in [0.4, 0.5) is 5.13 Å². The van der Waals surface area contributed by atoms with Crippen molar-refractivity contribution < 1.29 is 4.79 Å². The molecule has 8 heteroatoms. The Morgan fingerprint density at radius 1 is 0.966 bits per heavy atom. The molecule has 3 heterocycles. The van der Waals surface area contributed by atoms with E-state index >= 15 is 0 Å². The van der Waals surface area contributed by atoms with Crippen molar-refractivity contribution in [3.8, 4) is 10.6 Å². The zero-order valence-corrected chi connectivity index (χ0v) is 18.6. The Balaban J connectivity index is 1.57. The first-order valence-corrected chi connectivity index (χ1v) is 11.4. The zero-order chi connectivity index (χ0) is 20.0. The molecule has 3 aromatic heterocycles. The van der Waals surface area contributed by atoms with Gasteiger partial charge in [0.05, 0.1) is 36.2 Å². The number of pyridine rings is 1. The Bertz CT molecular complexity index is 1400. The predicted molar refractivity (Wildman–Crippen MR) is 125 cm³/mol. The molecule has 1 N–H and O–H groups in total. The summed E-state index contributed by atoms with van der Waals surface area (Å²) in [6.45, 7) is 0. The van der Waals surface area contributed by atoms with E-state index in [0.717, 1.165) is 36.2 Å². The molecule has 0 fully saturated rings. The standard InChI is InChI=1S/C21H11BrClN3OS2/c22-11-5-6-15-18(9-11)29-21(25-15)26-20(27)13-10-16(17-7-8-19(23)28-17)24-14-4-2-1-3-12(13)14/h1-10H,(H,25,26,27). The number of benzene rings is 2. The summed E-state index contributed by atoms with van der Waals surface area (Å²) in [6.07, 6.45) is 0. The maximum absolute atomic E-state index is 13.2. The van der Waals surface area contributed by atoms with Crippen LogP contribution in [-0.2, 0) is 0 Å². The smallest absolute Gasteiger partial charge is 0.258 e. The van der Waals surface area contributed by atoms with E-state index in [4.69, 9.17) is 16.6 Å². The second-order valence-electron chi connectivity index (χ2n) is 6.26. The number of thiophene rings is 1. The van der Waals surface area contributed by atoms with E-state index in [2.05, 4.69) is 26.2 Å². The van der Waals surface area contributed by atoms with Crippen LogP contribution in [0, 0.1) is 0 Å². The molecule has 0 aliphatic carbocycles. The minimum Gasteiger partial charge on any atom is -0.298 e. The van der Waals surface area contributed by atoms with Crippen LogP contribution in [0.2, 0.25) is 4.34 Å². The van der Waals surface area contributed by atoms with Crippen molar-refractivity contribution in [3.63, 3.8) is 0 Å². The summed E-state index contributed by atoms with van der Waals surface area (Å²) in [5.41, 5.74) is 2.88. The van der Waals surface area contributed by atoms with E-state index in [-0.39, 0.29) is 5.91 Å². The maximum Gasteiger partial charge on any atom is 0.258 e. The molecule has 0 radical (unpaired) electrons. The molecule has 0 bridgehead atoms. The minimum absolute atomic E-state index is 0.217. The van der Waals surface area contributed by atoms with E-state index in [1.54, 1.807) is 0 Å². The van der Waals surface area contributed by atoms with Crippen LogP contribution in [0.1, 0.15) is 10.4 Å². The van der Waals surface area contributed by atoms with Crippen molar-refractivity contribution >= 4 is 82.4 Å². The topological polar surface area (TPSA) is 54.9 Å². The molecule has 142 valence electrons. The van der Waals surface area contributed by atoms with Crippen LogP contribution in [0.25, 0.3) is 31.7 Å².